The monoisotopic (exact) mass is 145 g/mol. The van der Waals surface area contributed by atoms with E-state index in [1.54, 1.807) is 6.08 Å². The lowest BCUT2D eigenvalue weighted by Gasteiger charge is -1.84. The predicted octanol–water partition coefficient (Wildman–Crippen LogP) is 2.26. The fourth-order valence-electron chi connectivity index (χ4n) is 0.321. The number of allylic oxidation sites excluding steroid dienone is 2. The van der Waals surface area contributed by atoms with Crippen LogP contribution in [-0.4, -0.2) is 4.86 Å². The van der Waals surface area contributed by atoms with Gasteiger partial charge in [-0.05, 0) is 19.9 Å². The summed E-state index contributed by atoms with van der Waals surface area (Å²) >= 11 is 4.72. The van der Waals surface area contributed by atoms with Crippen LogP contribution in [0.1, 0.15) is 27.7 Å². The minimum absolute atomic E-state index is 0.771. The van der Waals surface area contributed by atoms with Crippen molar-refractivity contribution in [2.45, 2.75) is 27.7 Å². The van der Waals surface area contributed by atoms with Gasteiger partial charge >= 0.3 is 0 Å². The van der Waals surface area contributed by atoms with Gasteiger partial charge in [-0.15, -0.1) is 0 Å². The van der Waals surface area contributed by atoms with E-state index in [0.29, 0.717) is 0 Å². The van der Waals surface area contributed by atoms with Crippen molar-refractivity contribution in [3.05, 3.63) is 11.8 Å². The summed E-state index contributed by atoms with van der Waals surface area (Å²) in [4.78, 5) is 0.833. The minimum Gasteiger partial charge on any atom is -0.402 e. The molecule has 0 aliphatic rings. The summed E-state index contributed by atoms with van der Waals surface area (Å²) in [5, 5.41) is 0. The third-order valence-corrected chi connectivity index (χ3v) is 0.549. The Morgan fingerprint density at radius 2 is 1.67 bits per heavy atom. The van der Waals surface area contributed by atoms with Crippen molar-refractivity contribution in [2.75, 3.05) is 0 Å². The van der Waals surface area contributed by atoms with Gasteiger partial charge in [0, 0.05) is 10.6 Å². The predicted molar refractivity (Wildman–Crippen MR) is 47.6 cm³/mol. The molecule has 0 saturated carbocycles. The quantitative estimate of drug-likeness (QED) is 0.452. The van der Waals surface area contributed by atoms with E-state index in [2.05, 4.69) is 0 Å². The van der Waals surface area contributed by atoms with Crippen LogP contribution in [0, 0.1) is 0 Å². The van der Waals surface area contributed by atoms with Crippen LogP contribution >= 0.6 is 12.2 Å². The Balaban J connectivity index is 0. The van der Waals surface area contributed by atoms with Gasteiger partial charge in [-0.3, -0.25) is 0 Å². The summed E-state index contributed by atoms with van der Waals surface area (Å²) in [6.45, 7) is 7.65. The van der Waals surface area contributed by atoms with Gasteiger partial charge < -0.3 is 5.73 Å². The molecule has 0 aromatic carbocycles. The van der Waals surface area contributed by atoms with Crippen molar-refractivity contribution in [3.8, 4) is 0 Å². The standard InChI is InChI=1S/C5H9NS.C2H6/c1-4(6)3-5(2)7;1-2/h3H,6H2,1-2H3;1-2H3/b4-3-;. The maximum absolute atomic E-state index is 5.27. The lowest BCUT2D eigenvalue weighted by molar-refractivity contribution is 1.33. The van der Waals surface area contributed by atoms with Crippen LogP contribution in [-0.2, 0) is 0 Å². The molecule has 1 nitrogen and oxygen atoms in total. The maximum Gasteiger partial charge on any atom is 0.0138 e. The van der Waals surface area contributed by atoms with Crippen molar-refractivity contribution in [3.63, 3.8) is 0 Å². The second-order valence-electron chi connectivity index (χ2n) is 1.50. The molecule has 2 heteroatoms. The molecule has 0 bridgehead atoms. The topological polar surface area (TPSA) is 26.0 Å². The average Bonchev–Trinajstić information content (AvgIpc) is 1.68. The second kappa shape index (κ2) is 7.63. The number of thiocarbonyl (C=S) groups is 1. The molecule has 0 saturated heterocycles. The van der Waals surface area contributed by atoms with Crippen molar-refractivity contribution in [1.82, 2.24) is 0 Å². The van der Waals surface area contributed by atoms with Gasteiger partial charge in [-0.25, -0.2) is 0 Å². The third-order valence-electron chi connectivity index (χ3n) is 0.431. The van der Waals surface area contributed by atoms with E-state index in [1.807, 2.05) is 27.7 Å². The molecule has 0 aromatic heterocycles. The molecule has 0 aromatic rings. The van der Waals surface area contributed by atoms with Crippen molar-refractivity contribution in [2.24, 2.45) is 5.73 Å². The smallest absolute Gasteiger partial charge is 0.0138 e. The maximum atomic E-state index is 5.27. The molecule has 0 unspecified atom stereocenters. The molecular weight excluding hydrogens is 130 g/mol. The fraction of sp³-hybridized carbons (Fsp3) is 0.571. The van der Waals surface area contributed by atoms with E-state index in [9.17, 15) is 0 Å². The number of hydrogen-bond donors (Lipinski definition) is 1. The third kappa shape index (κ3) is 18.4. The summed E-state index contributed by atoms with van der Waals surface area (Å²) < 4.78 is 0. The SMILES string of the molecule is CC.CC(=S)/C=C(/C)N. The molecule has 9 heavy (non-hydrogen) atoms. The largest absolute Gasteiger partial charge is 0.402 e. The Morgan fingerprint density at radius 3 is 1.67 bits per heavy atom. The van der Waals surface area contributed by atoms with Crippen LogP contribution in [0.3, 0.4) is 0 Å². The van der Waals surface area contributed by atoms with Gasteiger partial charge in [0.2, 0.25) is 0 Å². The highest BCUT2D eigenvalue weighted by Gasteiger charge is 1.76. The van der Waals surface area contributed by atoms with Crippen LogP contribution < -0.4 is 5.73 Å². The van der Waals surface area contributed by atoms with Gasteiger partial charge in [0.1, 0.15) is 0 Å². The summed E-state index contributed by atoms with van der Waals surface area (Å²) in [7, 11) is 0. The summed E-state index contributed by atoms with van der Waals surface area (Å²) in [5.41, 5.74) is 6.04. The van der Waals surface area contributed by atoms with Crippen molar-refractivity contribution >= 4 is 17.1 Å². The Hall–Kier alpha value is -0.370. The van der Waals surface area contributed by atoms with E-state index in [1.165, 1.54) is 0 Å². The van der Waals surface area contributed by atoms with Crippen LogP contribution in [0.5, 0.6) is 0 Å². The number of nitrogens with two attached hydrogens (primary N) is 1. The summed E-state index contributed by atoms with van der Waals surface area (Å²) in [6, 6.07) is 0. The molecular formula is C7H15NS. The van der Waals surface area contributed by atoms with Gasteiger partial charge in [-0.1, -0.05) is 26.1 Å². The molecule has 0 aliphatic heterocycles. The van der Waals surface area contributed by atoms with Gasteiger partial charge in [0.25, 0.3) is 0 Å². The van der Waals surface area contributed by atoms with Crippen molar-refractivity contribution in [1.29, 1.82) is 0 Å². The average molecular weight is 145 g/mol. The normalized spacial score (nSPS) is 9.56. The van der Waals surface area contributed by atoms with E-state index in [0.717, 1.165) is 10.6 Å². The molecule has 0 aliphatic carbocycles. The molecule has 54 valence electrons. The minimum atomic E-state index is 0.771. The Bertz CT molecular complexity index is 101. The highest BCUT2D eigenvalue weighted by Crippen LogP contribution is 1.81. The van der Waals surface area contributed by atoms with Crippen LogP contribution in [0.2, 0.25) is 0 Å². The summed E-state index contributed by atoms with van der Waals surface area (Å²) in [5.74, 6) is 0. The number of rotatable bonds is 1. The Kier molecular flexibility index (Phi) is 9.69. The fourth-order valence-corrected chi connectivity index (χ4v) is 0.507. The molecule has 0 radical (unpaired) electrons. The lowest BCUT2D eigenvalue weighted by atomic mass is 10.4. The molecule has 2 N–H and O–H groups in total. The second-order valence-corrected chi connectivity index (χ2v) is 2.14. The first-order valence-corrected chi connectivity index (χ1v) is 3.48. The molecule has 0 heterocycles. The first-order chi connectivity index (χ1) is 4.13. The van der Waals surface area contributed by atoms with Gasteiger partial charge in [0.05, 0.1) is 0 Å². The Morgan fingerprint density at radius 1 is 1.33 bits per heavy atom. The first-order valence-electron chi connectivity index (χ1n) is 3.07. The van der Waals surface area contributed by atoms with Crippen molar-refractivity contribution < 1.29 is 0 Å². The highest BCUT2D eigenvalue weighted by molar-refractivity contribution is 7.80. The first kappa shape index (κ1) is 11.4. The summed E-state index contributed by atoms with van der Waals surface area (Å²) in [6.07, 6.45) is 1.76. The van der Waals surface area contributed by atoms with Crippen LogP contribution in [0.25, 0.3) is 0 Å². The van der Waals surface area contributed by atoms with E-state index >= 15 is 0 Å². The van der Waals surface area contributed by atoms with Gasteiger partial charge in [0.15, 0.2) is 0 Å². The van der Waals surface area contributed by atoms with Gasteiger partial charge in [-0.2, -0.15) is 0 Å². The van der Waals surface area contributed by atoms with E-state index < -0.39 is 0 Å². The van der Waals surface area contributed by atoms with Crippen LogP contribution in [0.15, 0.2) is 11.8 Å². The molecule has 0 spiro atoms. The highest BCUT2D eigenvalue weighted by atomic mass is 32.1. The van der Waals surface area contributed by atoms with E-state index in [-0.39, 0.29) is 0 Å². The number of hydrogen-bond acceptors (Lipinski definition) is 2. The lowest BCUT2D eigenvalue weighted by Crippen LogP contribution is -1.92. The van der Waals surface area contributed by atoms with Crippen LogP contribution in [0.4, 0.5) is 0 Å². The molecule has 0 amide bonds. The molecule has 0 atom stereocenters. The Labute approximate surface area is 62.9 Å². The zero-order chi connectivity index (χ0) is 7.86. The zero-order valence-electron chi connectivity index (χ0n) is 6.56. The van der Waals surface area contributed by atoms with E-state index in [4.69, 9.17) is 18.0 Å². The molecule has 0 rings (SSSR count). The molecule has 0 fully saturated rings. The zero-order valence-corrected chi connectivity index (χ0v) is 7.38.